The van der Waals surface area contributed by atoms with E-state index in [1.54, 1.807) is 19.2 Å². The second-order valence-electron chi connectivity index (χ2n) is 23.1. The van der Waals surface area contributed by atoms with Crippen molar-refractivity contribution in [2.45, 2.75) is 104 Å². The van der Waals surface area contributed by atoms with E-state index in [0.29, 0.717) is 42.3 Å². The summed E-state index contributed by atoms with van der Waals surface area (Å²) >= 11 is 17.4. The normalized spacial score (nSPS) is 13.8. The number of benzene rings is 2. The van der Waals surface area contributed by atoms with Crippen LogP contribution >= 0.6 is 34.8 Å². The van der Waals surface area contributed by atoms with Gasteiger partial charge in [-0.05, 0) is 175 Å². The van der Waals surface area contributed by atoms with Gasteiger partial charge in [-0.25, -0.2) is 34.3 Å². The van der Waals surface area contributed by atoms with Gasteiger partial charge in [0.05, 0.1) is 50.2 Å². The van der Waals surface area contributed by atoms with E-state index in [4.69, 9.17) is 46.3 Å². The number of hydrogen-bond acceptors (Lipinski definition) is 19. The van der Waals surface area contributed by atoms with Gasteiger partial charge < -0.3 is 31.1 Å². The molecule has 2 aromatic carbocycles. The number of hydrogen-bond donors (Lipinski definition) is 2. The first-order valence-corrected chi connectivity index (χ1v) is 32.8. The molecule has 4 aliphatic rings. The molecule has 4 aliphatic heterocycles. The lowest BCUT2D eigenvalue weighted by Crippen LogP contribution is -2.18. The molecular weight excluding hydrogens is 1270 g/mol. The number of pyridine rings is 5. The molecule has 0 spiro atoms. The molecule has 498 valence electrons. The van der Waals surface area contributed by atoms with Crippen molar-refractivity contribution in [3.8, 4) is 11.4 Å². The highest BCUT2D eigenvalue weighted by atomic mass is 35.5. The van der Waals surface area contributed by atoms with Crippen LogP contribution in [0.2, 0.25) is 15.2 Å². The Morgan fingerprint density at radius 1 is 0.495 bits per heavy atom. The molecule has 26 heteroatoms. The molecule has 0 radical (unpaired) electrons. The van der Waals surface area contributed by atoms with Gasteiger partial charge >= 0.3 is 0 Å². The third-order valence-corrected chi connectivity index (χ3v) is 16.3. The first-order valence-electron chi connectivity index (χ1n) is 31.7. The number of carbonyl (C=O) groups excluding carboxylic acids is 2. The third kappa shape index (κ3) is 22.6. The van der Waals surface area contributed by atoms with E-state index >= 15 is 0 Å². The zero-order valence-corrected chi connectivity index (χ0v) is 56.0. The first-order chi connectivity index (χ1) is 45.9. The Morgan fingerprint density at radius 2 is 0.895 bits per heavy atom. The van der Waals surface area contributed by atoms with Crippen molar-refractivity contribution in [2.24, 2.45) is 5.73 Å². The van der Waals surface area contributed by atoms with Crippen LogP contribution in [0.4, 0.5) is 40.3 Å². The number of nitrogens with zero attached hydrogens (tertiary/aromatic N) is 15. The van der Waals surface area contributed by atoms with Crippen LogP contribution in [0.1, 0.15) is 98.6 Å². The second kappa shape index (κ2) is 36.3. The Kier molecular flexibility index (Phi) is 27.3. The molecule has 23 nitrogen and oxygen atoms in total. The second-order valence-corrected chi connectivity index (χ2v) is 24.4. The largest absolute Gasteiger partial charge is 0.397 e. The molecule has 4 saturated heterocycles. The summed E-state index contributed by atoms with van der Waals surface area (Å²) in [5.41, 5.74) is 19.6. The minimum absolute atomic E-state index is 0.0490. The van der Waals surface area contributed by atoms with Gasteiger partial charge in [-0.3, -0.25) is 29.8 Å². The molecule has 7 aromatic heterocycles. The molecule has 13 rings (SSSR count). The Morgan fingerprint density at radius 3 is 1.26 bits per heavy atom. The maximum absolute atomic E-state index is 12.5. The van der Waals surface area contributed by atoms with Crippen molar-refractivity contribution >= 4 is 86.7 Å². The lowest BCUT2D eigenvalue weighted by molar-refractivity contribution is -0.385. The molecule has 4 N–H and O–H groups in total. The van der Waals surface area contributed by atoms with Gasteiger partial charge in [0.2, 0.25) is 0 Å². The molecule has 0 saturated carbocycles. The minimum Gasteiger partial charge on any atom is -0.397 e. The van der Waals surface area contributed by atoms with E-state index in [-0.39, 0.29) is 28.1 Å². The van der Waals surface area contributed by atoms with Crippen molar-refractivity contribution in [3.63, 3.8) is 0 Å². The highest BCUT2D eigenvalue weighted by Gasteiger charge is 2.18. The van der Waals surface area contributed by atoms with Gasteiger partial charge in [0.25, 0.3) is 11.4 Å². The zero-order chi connectivity index (χ0) is 67.6. The zero-order valence-electron chi connectivity index (χ0n) is 53.7. The number of halogens is 3. The third-order valence-electron chi connectivity index (χ3n) is 15.6. The number of carbonyl (C=O) groups is 2. The highest BCUT2D eigenvalue weighted by molar-refractivity contribution is 6.31. The van der Waals surface area contributed by atoms with Gasteiger partial charge in [-0.2, -0.15) is 10.2 Å². The van der Waals surface area contributed by atoms with Crippen LogP contribution in [0.3, 0.4) is 0 Å². The van der Waals surface area contributed by atoms with Gasteiger partial charge in [-0.1, -0.05) is 59.1 Å². The van der Waals surface area contributed by atoms with Crippen molar-refractivity contribution in [1.82, 2.24) is 44.5 Å². The Balaban J connectivity index is 0.000000152. The Hall–Kier alpha value is -9.42. The number of nitro groups is 2. The smallest absolute Gasteiger partial charge is 0.287 e. The summed E-state index contributed by atoms with van der Waals surface area (Å²) in [5.74, 6) is 4.34. The van der Waals surface area contributed by atoms with E-state index in [0.717, 1.165) is 133 Å². The fraction of sp³-hybridized carbons (Fsp3) is 0.348. The molecule has 0 bridgehead atoms. The average molecular weight is 1350 g/mol. The number of nitrogens with two attached hydrogens (primary N) is 2. The minimum atomic E-state index is -0.524. The number of nitrogen functional groups attached to an aromatic ring is 1. The fourth-order valence-electron chi connectivity index (χ4n) is 10.9. The molecule has 9 aromatic rings. The van der Waals surface area contributed by atoms with Crippen molar-refractivity contribution in [2.75, 3.05) is 77.7 Å². The van der Waals surface area contributed by atoms with E-state index in [9.17, 15) is 29.8 Å². The van der Waals surface area contributed by atoms with Gasteiger partial charge in [-0.15, -0.1) is 0 Å². The highest BCUT2D eigenvalue weighted by Crippen LogP contribution is 2.24. The molecule has 0 amide bonds. The van der Waals surface area contributed by atoms with Gasteiger partial charge in [0.1, 0.15) is 52.4 Å². The van der Waals surface area contributed by atoms with Crippen LogP contribution in [-0.4, -0.2) is 118 Å². The van der Waals surface area contributed by atoms with Crippen LogP contribution < -0.4 is 31.1 Å². The number of rotatable bonds is 16. The van der Waals surface area contributed by atoms with Crippen LogP contribution in [0.25, 0.3) is 11.4 Å². The summed E-state index contributed by atoms with van der Waals surface area (Å²) in [5, 5.41) is 31.0. The lowest BCUT2D eigenvalue weighted by atomic mass is 10.1. The molecule has 0 atom stereocenters. The number of Topliss-reactive ketones (excluding diaryl/α,β-unsaturated/α-hetero) is 2. The predicted molar refractivity (Wildman–Crippen MR) is 376 cm³/mol. The molecular formula is C69H80Cl3N17O6. The first kappa shape index (κ1) is 71.4. The molecule has 95 heavy (non-hydrogen) atoms. The number of aryl methyl sites for hydroxylation is 3. The number of anilines is 5. The van der Waals surface area contributed by atoms with E-state index in [1.165, 1.54) is 75.8 Å². The maximum Gasteiger partial charge on any atom is 0.287 e. The predicted octanol–water partition coefficient (Wildman–Crippen LogP) is 13.2. The SMILES string of the molecule is CC(=O)Cc1ccc(N2CCCC2)nc1.Cc1cc(CCC(=O)Cc2ccc(N3CCCC3)nc2)n(-c2cccc(Cl)c2)n1.Cc1cc(CN)n(-c2cccc(Cl)c2)n1.Nc1ccc(N2CCCC2)nc1.O=[N+]([O-])c1ccc(Cl)nc1.O=[N+]([O-])c1ccc(N2CCCC2)nc1. The quantitative estimate of drug-likeness (QED) is 0.0516. The summed E-state index contributed by atoms with van der Waals surface area (Å²) in [6.45, 7) is 14.6. The average Bonchev–Trinajstić information content (AvgIpc) is 1.77. The summed E-state index contributed by atoms with van der Waals surface area (Å²) in [6.07, 6.45) is 19.7. The summed E-state index contributed by atoms with van der Waals surface area (Å²) in [6, 6.07) is 37.0. The van der Waals surface area contributed by atoms with Crippen molar-refractivity contribution in [3.05, 3.63) is 222 Å². The monoisotopic (exact) mass is 1350 g/mol. The van der Waals surface area contributed by atoms with E-state index < -0.39 is 9.85 Å². The molecule has 0 unspecified atom stereocenters. The van der Waals surface area contributed by atoms with Crippen molar-refractivity contribution in [1.29, 1.82) is 0 Å². The lowest BCUT2D eigenvalue weighted by Gasteiger charge is -2.16. The fourth-order valence-corrected chi connectivity index (χ4v) is 11.4. The van der Waals surface area contributed by atoms with Crippen LogP contribution in [0, 0.1) is 34.1 Å². The van der Waals surface area contributed by atoms with E-state index in [1.807, 2.05) is 133 Å². The Bertz CT molecular complexity index is 3890. The standard InChI is InChI=1S/C23H25ClN4O.C12H16N2O.C11H12ClN3.C9H11N3O2.C9H13N3.C5H3ClN2O2/c1-17-13-21(28(26-17)20-6-4-5-19(24)15-20)8-9-22(29)14-18-7-10-23(25-16-18)27-11-2-3-12-27;1-10(15)8-11-4-5-12(13-9-11)14-6-2-3-7-14;1-8-5-11(7-13)15(14-8)10-4-2-3-9(12)6-10;13-12(14)8-3-4-9(10-7-8)11-5-1-2-6-11;10-8-3-4-9(11-7-8)12-5-1-2-6-12;6-5-2-1-4(3-7-5)8(9)10/h4-7,10,13,15-16H,2-3,8-9,11-12,14H2,1H3;4-5,9H,2-3,6-8H2,1H3;2-6H,7,13H2,1H3;3-4,7H,1-2,5-6H2;3-4,7H,1-2,5-6,10H2;1-3H. The van der Waals surface area contributed by atoms with E-state index in [2.05, 4.69) is 54.7 Å². The van der Waals surface area contributed by atoms with Crippen LogP contribution in [0.5, 0.6) is 0 Å². The summed E-state index contributed by atoms with van der Waals surface area (Å²) in [4.78, 5) is 72.7. The number of ketones is 2. The van der Waals surface area contributed by atoms with Gasteiger partial charge in [0.15, 0.2) is 0 Å². The Labute approximate surface area is 568 Å². The molecule has 11 heterocycles. The topological polar surface area (TPSA) is 286 Å². The number of aromatic nitrogens is 9. The van der Waals surface area contributed by atoms with Crippen LogP contribution in [0.15, 0.2) is 152 Å². The maximum atomic E-state index is 12.5. The summed E-state index contributed by atoms with van der Waals surface area (Å²) < 4.78 is 3.70. The van der Waals surface area contributed by atoms with Crippen LogP contribution in [-0.2, 0) is 35.4 Å². The molecule has 0 aliphatic carbocycles. The summed E-state index contributed by atoms with van der Waals surface area (Å²) in [7, 11) is 0. The van der Waals surface area contributed by atoms with Crippen molar-refractivity contribution < 1.29 is 19.4 Å². The van der Waals surface area contributed by atoms with Gasteiger partial charge in [0, 0.05) is 118 Å². The molecule has 4 fully saturated rings.